The molecule has 0 spiro atoms. The van der Waals surface area contributed by atoms with Crippen molar-refractivity contribution in [2.24, 2.45) is 7.05 Å². The molecule has 1 aromatic heterocycles. The Balaban J connectivity index is 1.84. The van der Waals surface area contributed by atoms with E-state index in [1.165, 1.54) is 0 Å². The Morgan fingerprint density at radius 3 is 2.76 bits per heavy atom. The van der Waals surface area contributed by atoms with Crippen molar-refractivity contribution in [3.05, 3.63) is 41.6 Å². The zero-order chi connectivity index (χ0) is 14.8. The molecule has 0 saturated heterocycles. The molecule has 1 unspecified atom stereocenters. The highest BCUT2D eigenvalue weighted by atomic mass is 16.2. The maximum Gasteiger partial charge on any atom is 0.247 e. The molecular formula is C16H20N4O. The number of anilines is 2. The number of benzene rings is 1. The molecule has 5 heteroatoms. The Morgan fingerprint density at radius 2 is 2.05 bits per heavy atom. The van der Waals surface area contributed by atoms with Gasteiger partial charge in [0, 0.05) is 13.5 Å². The van der Waals surface area contributed by atoms with Crippen molar-refractivity contribution in [1.82, 2.24) is 9.78 Å². The van der Waals surface area contributed by atoms with Crippen molar-refractivity contribution in [3.8, 4) is 0 Å². The molecule has 3 rings (SSSR count). The Hall–Kier alpha value is -2.30. The maximum atomic E-state index is 12.3. The van der Waals surface area contributed by atoms with E-state index >= 15 is 0 Å². The molecule has 5 nitrogen and oxygen atoms in total. The van der Waals surface area contributed by atoms with Crippen LogP contribution < -0.4 is 10.6 Å². The summed E-state index contributed by atoms with van der Waals surface area (Å²) in [7, 11) is 1.90. The lowest BCUT2D eigenvalue weighted by atomic mass is 10.0. The zero-order valence-corrected chi connectivity index (χ0v) is 12.4. The smallest absolute Gasteiger partial charge is 0.247 e. The van der Waals surface area contributed by atoms with Gasteiger partial charge in [0.25, 0.3) is 0 Å². The molecule has 0 bridgehead atoms. The predicted octanol–water partition coefficient (Wildman–Crippen LogP) is 2.35. The molecule has 110 valence electrons. The number of aromatic nitrogens is 2. The van der Waals surface area contributed by atoms with Gasteiger partial charge in [0.15, 0.2) is 0 Å². The fourth-order valence-corrected chi connectivity index (χ4v) is 2.72. The number of carbonyl (C=O) groups excluding carboxylic acids is 1. The van der Waals surface area contributed by atoms with Crippen molar-refractivity contribution in [3.63, 3.8) is 0 Å². The average molecular weight is 284 g/mol. The summed E-state index contributed by atoms with van der Waals surface area (Å²) in [4.78, 5) is 12.3. The van der Waals surface area contributed by atoms with E-state index in [2.05, 4.69) is 22.7 Å². The van der Waals surface area contributed by atoms with Gasteiger partial charge in [0.1, 0.15) is 17.5 Å². The van der Waals surface area contributed by atoms with Gasteiger partial charge in [-0.1, -0.05) is 43.7 Å². The summed E-state index contributed by atoms with van der Waals surface area (Å²) in [6.45, 7) is 2.11. The molecule has 1 amide bonds. The second-order valence-electron chi connectivity index (χ2n) is 5.42. The van der Waals surface area contributed by atoms with Gasteiger partial charge in [-0.2, -0.15) is 5.10 Å². The molecule has 1 atom stereocenters. The van der Waals surface area contributed by atoms with E-state index in [-0.39, 0.29) is 11.9 Å². The second kappa shape index (κ2) is 5.60. The van der Waals surface area contributed by atoms with Gasteiger partial charge in [-0.25, -0.2) is 0 Å². The molecule has 21 heavy (non-hydrogen) atoms. The third-order valence-corrected chi connectivity index (χ3v) is 3.76. The summed E-state index contributed by atoms with van der Waals surface area (Å²) in [6, 6.07) is 9.78. The third-order valence-electron chi connectivity index (χ3n) is 3.76. The number of rotatable bonds is 4. The van der Waals surface area contributed by atoms with Crippen LogP contribution >= 0.6 is 0 Å². The van der Waals surface area contributed by atoms with Crippen LogP contribution in [0.5, 0.6) is 0 Å². The lowest BCUT2D eigenvalue weighted by Gasteiger charge is -2.25. The summed E-state index contributed by atoms with van der Waals surface area (Å²) in [5, 5.41) is 10.8. The molecule has 1 aliphatic rings. The highest BCUT2D eigenvalue weighted by molar-refractivity contribution is 6.03. The van der Waals surface area contributed by atoms with Gasteiger partial charge in [0.05, 0.1) is 5.69 Å². The van der Waals surface area contributed by atoms with Crippen molar-refractivity contribution >= 4 is 17.4 Å². The number of amides is 1. The minimum atomic E-state index is -0.259. The number of aryl methyl sites for hydroxylation is 2. The fraction of sp³-hybridized carbons (Fsp3) is 0.375. The van der Waals surface area contributed by atoms with E-state index in [9.17, 15) is 4.79 Å². The first kappa shape index (κ1) is 13.7. The van der Waals surface area contributed by atoms with E-state index in [4.69, 9.17) is 0 Å². The van der Waals surface area contributed by atoms with E-state index in [1.807, 2.05) is 42.1 Å². The SMILES string of the molecule is CCCc1nn(C)c2c1NC(=O)C(Cc1ccccc1)N2. The molecule has 2 heterocycles. The largest absolute Gasteiger partial charge is 0.357 e. The van der Waals surface area contributed by atoms with Crippen LogP contribution in [0.2, 0.25) is 0 Å². The molecule has 1 aromatic carbocycles. The highest BCUT2D eigenvalue weighted by Crippen LogP contribution is 2.31. The third kappa shape index (κ3) is 2.63. The van der Waals surface area contributed by atoms with Gasteiger partial charge in [-0.3, -0.25) is 9.48 Å². The monoisotopic (exact) mass is 284 g/mol. The summed E-state index contributed by atoms with van der Waals surface area (Å²) < 4.78 is 1.82. The van der Waals surface area contributed by atoms with Gasteiger partial charge in [-0.05, 0) is 12.0 Å². The number of hydrogen-bond donors (Lipinski definition) is 2. The molecular weight excluding hydrogens is 264 g/mol. The first-order valence-electron chi connectivity index (χ1n) is 7.36. The summed E-state index contributed by atoms with van der Waals surface area (Å²) >= 11 is 0. The van der Waals surface area contributed by atoms with Gasteiger partial charge in [-0.15, -0.1) is 0 Å². The second-order valence-corrected chi connectivity index (χ2v) is 5.42. The first-order valence-corrected chi connectivity index (χ1v) is 7.36. The van der Waals surface area contributed by atoms with Gasteiger partial charge < -0.3 is 10.6 Å². The maximum absolute atomic E-state index is 12.3. The van der Waals surface area contributed by atoms with Crippen LogP contribution in [0.3, 0.4) is 0 Å². The number of carbonyl (C=O) groups is 1. The standard InChI is InChI=1S/C16H20N4O/c1-3-7-12-14-15(20(2)19-12)17-13(16(21)18-14)10-11-8-5-4-6-9-11/h4-6,8-9,13,17H,3,7,10H2,1-2H3,(H,18,21). The zero-order valence-electron chi connectivity index (χ0n) is 12.4. The average Bonchev–Trinajstić information content (AvgIpc) is 2.77. The predicted molar refractivity (Wildman–Crippen MR) is 83.4 cm³/mol. The number of hydrogen-bond acceptors (Lipinski definition) is 3. The van der Waals surface area contributed by atoms with Crippen LogP contribution in [0.4, 0.5) is 11.5 Å². The van der Waals surface area contributed by atoms with Crippen LogP contribution in [-0.4, -0.2) is 21.7 Å². The number of fused-ring (bicyclic) bond motifs is 1. The van der Waals surface area contributed by atoms with Crippen LogP contribution in [0.25, 0.3) is 0 Å². The summed E-state index contributed by atoms with van der Waals surface area (Å²) in [5.74, 6) is 0.913. The lowest BCUT2D eigenvalue weighted by Crippen LogP contribution is -2.40. The van der Waals surface area contributed by atoms with Crippen LogP contribution in [0, 0.1) is 0 Å². The Bertz CT molecular complexity index is 648. The van der Waals surface area contributed by atoms with Crippen molar-refractivity contribution < 1.29 is 4.79 Å². The number of nitrogens with zero attached hydrogens (tertiary/aromatic N) is 2. The Labute approximate surface area is 124 Å². The van der Waals surface area contributed by atoms with Crippen LogP contribution in [-0.2, 0) is 24.7 Å². The first-order chi connectivity index (χ1) is 10.2. The molecule has 1 aliphatic heterocycles. The fourth-order valence-electron chi connectivity index (χ4n) is 2.72. The van der Waals surface area contributed by atoms with E-state index in [0.717, 1.165) is 35.6 Å². The molecule has 0 saturated carbocycles. The number of nitrogens with one attached hydrogen (secondary N) is 2. The van der Waals surface area contributed by atoms with Crippen molar-refractivity contribution in [1.29, 1.82) is 0 Å². The molecule has 0 fully saturated rings. The molecule has 2 N–H and O–H groups in total. The molecule has 2 aromatic rings. The quantitative estimate of drug-likeness (QED) is 0.906. The van der Waals surface area contributed by atoms with Crippen LogP contribution in [0.1, 0.15) is 24.6 Å². The van der Waals surface area contributed by atoms with Crippen LogP contribution in [0.15, 0.2) is 30.3 Å². The highest BCUT2D eigenvalue weighted by Gasteiger charge is 2.30. The van der Waals surface area contributed by atoms with Crippen molar-refractivity contribution in [2.75, 3.05) is 10.6 Å². The Morgan fingerprint density at radius 1 is 1.29 bits per heavy atom. The molecule has 0 aliphatic carbocycles. The minimum absolute atomic E-state index is 0.0108. The normalized spacial score (nSPS) is 17.0. The summed E-state index contributed by atoms with van der Waals surface area (Å²) in [6.07, 6.45) is 2.54. The van der Waals surface area contributed by atoms with Crippen molar-refractivity contribution in [2.45, 2.75) is 32.2 Å². The van der Waals surface area contributed by atoms with Gasteiger partial charge >= 0.3 is 0 Å². The van der Waals surface area contributed by atoms with E-state index in [0.29, 0.717) is 6.42 Å². The molecule has 0 radical (unpaired) electrons. The topological polar surface area (TPSA) is 59.0 Å². The van der Waals surface area contributed by atoms with E-state index < -0.39 is 0 Å². The summed E-state index contributed by atoms with van der Waals surface area (Å²) in [5.41, 5.74) is 2.94. The minimum Gasteiger partial charge on any atom is -0.357 e. The van der Waals surface area contributed by atoms with Gasteiger partial charge in [0.2, 0.25) is 5.91 Å². The van der Waals surface area contributed by atoms with E-state index in [1.54, 1.807) is 0 Å². The lowest BCUT2D eigenvalue weighted by molar-refractivity contribution is -0.117. The Kier molecular flexibility index (Phi) is 3.64.